The molecule has 1 aliphatic rings. The molecule has 1 atom stereocenters. The Morgan fingerprint density at radius 1 is 1.60 bits per heavy atom. The van der Waals surface area contributed by atoms with Crippen molar-refractivity contribution in [2.75, 3.05) is 33.4 Å². The lowest BCUT2D eigenvalue weighted by molar-refractivity contribution is -0.131. The first kappa shape index (κ1) is 12.5. The lowest BCUT2D eigenvalue weighted by Gasteiger charge is -2.26. The van der Waals surface area contributed by atoms with E-state index in [-0.39, 0.29) is 11.3 Å². The molecule has 0 aliphatic carbocycles. The van der Waals surface area contributed by atoms with Gasteiger partial charge in [0.25, 0.3) is 0 Å². The van der Waals surface area contributed by atoms with E-state index in [9.17, 15) is 4.79 Å². The summed E-state index contributed by atoms with van der Waals surface area (Å²) >= 11 is 0. The van der Waals surface area contributed by atoms with E-state index in [1.807, 2.05) is 0 Å². The summed E-state index contributed by atoms with van der Waals surface area (Å²) in [5.41, 5.74) is -0.231. The average molecular weight is 214 g/mol. The second-order valence-electron chi connectivity index (χ2n) is 4.21. The first-order valence-electron chi connectivity index (χ1n) is 5.73. The van der Waals surface area contributed by atoms with E-state index in [1.54, 1.807) is 7.11 Å². The third kappa shape index (κ3) is 3.18. The highest BCUT2D eigenvalue weighted by molar-refractivity contribution is 5.83. The summed E-state index contributed by atoms with van der Waals surface area (Å²) in [5.74, 6) is 0.186. The normalized spacial score (nSPS) is 25.5. The monoisotopic (exact) mass is 214 g/mol. The summed E-state index contributed by atoms with van der Waals surface area (Å²) in [6.45, 7) is 5.21. The minimum absolute atomic E-state index is 0.186. The predicted octanol–water partition coefficient (Wildman–Crippen LogP) is 0.529. The second-order valence-corrected chi connectivity index (χ2v) is 4.21. The molecule has 0 aromatic carbocycles. The number of ether oxygens (including phenoxy) is 1. The molecule has 2 N–H and O–H groups in total. The van der Waals surface area contributed by atoms with Gasteiger partial charge in [0.2, 0.25) is 5.91 Å². The van der Waals surface area contributed by atoms with Crippen molar-refractivity contribution < 1.29 is 9.53 Å². The van der Waals surface area contributed by atoms with Crippen molar-refractivity contribution >= 4 is 5.91 Å². The molecule has 15 heavy (non-hydrogen) atoms. The van der Waals surface area contributed by atoms with Crippen molar-refractivity contribution in [3.8, 4) is 0 Å². The van der Waals surface area contributed by atoms with Crippen molar-refractivity contribution in [1.29, 1.82) is 0 Å². The van der Waals surface area contributed by atoms with E-state index in [0.29, 0.717) is 6.61 Å². The largest absolute Gasteiger partial charge is 0.385 e. The fourth-order valence-electron chi connectivity index (χ4n) is 1.99. The predicted molar refractivity (Wildman–Crippen MR) is 59.7 cm³/mol. The van der Waals surface area contributed by atoms with Crippen LogP contribution in [0.1, 0.15) is 26.2 Å². The van der Waals surface area contributed by atoms with Gasteiger partial charge in [-0.05, 0) is 25.8 Å². The number of rotatable bonds is 6. The number of carbonyl (C=O) groups is 1. The smallest absolute Gasteiger partial charge is 0.227 e. The zero-order valence-electron chi connectivity index (χ0n) is 9.77. The van der Waals surface area contributed by atoms with E-state index in [2.05, 4.69) is 17.6 Å². The zero-order valence-corrected chi connectivity index (χ0v) is 9.77. The Hall–Kier alpha value is -0.610. The van der Waals surface area contributed by atoms with E-state index in [4.69, 9.17) is 4.74 Å². The van der Waals surface area contributed by atoms with Gasteiger partial charge in [-0.2, -0.15) is 0 Å². The highest BCUT2D eigenvalue weighted by Gasteiger charge is 2.40. The van der Waals surface area contributed by atoms with Gasteiger partial charge >= 0.3 is 0 Å². The Labute approximate surface area is 91.8 Å². The van der Waals surface area contributed by atoms with Crippen molar-refractivity contribution in [1.82, 2.24) is 10.6 Å². The van der Waals surface area contributed by atoms with Gasteiger partial charge in [-0.25, -0.2) is 0 Å². The van der Waals surface area contributed by atoms with Crippen molar-refractivity contribution in [2.24, 2.45) is 5.41 Å². The average Bonchev–Trinajstić information content (AvgIpc) is 2.73. The minimum atomic E-state index is -0.231. The maximum atomic E-state index is 12.0. The Morgan fingerprint density at radius 2 is 2.40 bits per heavy atom. The van der Waals surface area contributed by atoms with Gasteiger partial charge in [0.15, 0.2) is 0 Å². The fourth-order valence-corrected chi connectivity index (χ4v) is 1.99. The first-order chi connectivity index (χ1) is 7.25. The SMILES string of the molecule is CCCNC(=O)C1(CCOC)CCNC1. The zero-order chi connectivity index (χ0) is 11.1. The number of nitrogens with one attached hydrogen (secondary N) is 2. The van der Waals surface area contributed by atoms with Gasteiger partial charge in [0, 0.05) is 26.8 Å². The molecule has 0 aromatic rings. The molecule has 4 heteroatoms. The van der Waals surface area contributed by atoms with Gasteiger partial charge in [0.1, 0.15) is 0 Å². The summed E-state index contributed by atoms with van der Waals surface area (Å²) in [4.78, 5) is 12.0. The summed E-state index contributed by atoms with van der Waals surface area (Å²) in [5, 5.41) is 6.25. The third-order valence-corrected chi connectivity index (χ3v) is 3.05. The minimum Gasteiger partial charge on any atom is -0.385 e. The summed E-state index contributed by atoms with van der Waals surface area (Å²) in [6, 6.07) is 0. The van der Waals surface area contributed by atoms with E-state index >= 15 is 0 Å². The number of carbonyl (C=O) groups excluding carboxylic acids is 1. The van der Waals surface area contributed by atoms with Crippen molar-refractivity contribution in [3.63, 3.8) is 0 Å². The van der Waals surface area contributed by atoms with Crippen molar-refractivity contribution in [2.45, 2.75) is 26.2 Å². The maximum Gasteiger partial charge on any atom is 0.227 e. The Balaban J connectivity index is 2.51. The van der Waals surface area contributed by atoms with Crippen LogP contribution in [0, 0.1) is 5.41 Å². The van der Waals surface area contributed by atoms with Crippen molar-refractivity contribution in [3.05, 3.63) is 0 Å². The topological polar surface area (TPSA) is 50.4 Å². The van der Waals surface area contributed by atoms with Crippen LogP contribution in [-0.2, 0) is 9.53 Å². The van der Waals surface area contributed by atoms with Crippen LogP contribution in [0.4, 0.5) is 0 Å². The van der Waals surface area contributed by atoms with Gasteiger partial charge in [0.05, 0.1) is 5.41 Å². The number of amides is 1. The summed E-state index contributed by atoms with van der Waals surface area (Å²) in [6.07, 6.45) is 2.72. The Bertz CT molecular complexity index is 201. The molecule has 1 fully saturated rings. The molecule has 1 unspecified atom stereocenters. The molecule has 1 saturated heterocycles. The molecule has 4 nitrogen and oxygen atoms in total. The maximum absolute atomic E-state index is 12.0. The van der Waals surface area contributed by atoms with Crippen LogP contribution in [0.3, 0.4) is 0 Å². The van der Waals surface area contributed by atoms with Crippen LogP contribution in [0.5, 0.6) is 0 Å². The highest BCUT2D eigenvalue weighted by Crippen LogP contribution is 2.29. The standard InChI is InChI=1S/C11H22N2O2/c1-3-6-13-10(14)11(5-8-15-2)4-7-12-9-11/h12H,3-9H2,1-2H3,(H,13,14). The molecular formula is C11H22N2O2. The lowest BCUT2D eigenvalue weighted by atomic mass is 9.83. The van der Waals surface area contributed by atoms with E-state index in [0.717, 1.165) is 38.9 Å². The van der Waals surface area contributed by atoms with Gasteiger partial charge in [-0.1, -0.05) is 6.92 Å². The molecular weight excluding hydrogens is 192 g/mol. The number of hydrogen-bond donors (Lipinski definition) is 2. The van der Waals surface area contributed by atoms with Crippen LogP contribution in [0.15, 0.2) is 0 Å². The fraction of sp³-hybridized carbons (Fsp3) is 0.909. The third-order valence-electron chi connectivity index (χ3n) is 3.05. The van der Waals surface area contributed by atoms with Crippen LogP contribution in [0.25, 0.3) is 0 Å². The van der Waals surface area contributed by atoms with Crippen LogP contribution in [0.2, 0.25) is 0 Å². The Morgan fingerprint density at radius 3 is 2.93 bits per heavy atom. The number of methoxy groups -OCH3 is 1. The molecule has 1 aliphatic heterocycles. The number of hydrogen-bond acceptors (Lipinski definition) is 3. The highest BCUT2D eigenvalue weighted by atomic mass is 16.5. The summed E-state index contributed by atoms with van der Waals surface area (Å²) < 4.78 is 5.08. The molecule has 0 aromatic heterocycles. The van der Waals surface area contributed by atoms with E-state index in [1.165, 1.54) is 0 Å². The molecule has 0 radical (unpaired) electrons. The van der Waals surface area contributed by atoms with Crippen LogP contribution in [-0.4, -0.2) is 39.3 Å². The molecule has 0 spiro atoms. The molecule has 88 valence electrons. The lowest BCUT2D eigenvalue weighted by Crippen LogP contribution is -2.43. The Kier molecular flexibility index (Phi) is 5.05. The first-order valence-corrected chi connectivity index (χ1v) is 5.73. The van der Waals surface area contributed by atoms with Crippen LogP contribution < -0.4 is 10.6 Å². The molecule has 0 saturated carbocycles. The quantitative estimate of drug-likeness (QED) is 0.678. The van der Waals surface area contributed by atoms with Gasteiger partial charge in [-0.15, -0.1) is 0 Å². The van der Waals surface area contributed by atoms with Gasteiger partial charge < -0.3 is 15.4 Å². The second kappa shape index (κ2) is 6.08. The van der Waals surface area contributed by atoms with E-state index < -0.39 is 0 Å². The van der Waals surface area contributed by atoms with Gasteiger partial charge in [-0.3, -0.25) is 4.79 Å². The summed E-state index contributed by atoms with van der Waals surface area (Å²) in [7, 11) is 1.68. The molecule has 1 amide bonds. The molecule has 0 bridgehead atoms. The van der Waals surface area contributed by atoms with Crippen LogP contribution >= 0.6 is 0 Å². The molecule has 1 heterocycles. The molecule has 1 rings (SSSR count).